The molecule has 36 heavy (non-hydrogen) atoms. The number of aryl methyl sites for hydroxylation is 1. The van der Waals surface area contributed by atoms with Gasteiger partial charge in [-0.25, -0.2) is 8.78 Å². The molecule has 2 aliphatic rings. The molecule has 0 aliphatic carbocycles. The highest BCUT2D eigenvalue weighted by Crippen LogP contribution is 2.28. The normalized spacial score (nSPS) is 16.8. The molecule has 0 saturated carbocycles. The summed E-state index contributed by atoms with van der Waals surface area (Å²) in [5.41, 5.74) is 3.00. The van der Waals surface area contributed by atoms with Crippen molar-refractivity contribution >= 4 is 5.70 Å². The van der Waals surface area contributed by atoms with Crippen LogP contribution < -0.4 is 0 Å². The van der Waals surface area contributed by atoms with Gasteiger partial charge in [0.25, 0.3) is 0 Å². The van der Waals surface area contributed by atoms with Gasteiger partial charge in [0.2, 0.25) is 0 Å². The Morgan fingerprint density at radius 2 is 1.81 bits per heavy atom. The zero-order valence-corrected chi connectivity index (χ0v) is 22.1. The number of nitrogens with zero attached hydrogens (tertiary/aromatic N) is 4. The number of likely N-dealkylation sites (tertiary alicyclic amines) is 2. The molecule has 0 spiro atoms. The highest BCUT2D eigenvalue weighted by atomic mass is 19.1. The van der Waals surface area contributed by atoms with E-state index >= 15 is 0 Å². The maximum Gasteiger partial charge on any atom is 0.133 e. The maximum absolute atomic E-state index is 14.9. The van der Waals surface area contributed by atoms with Crippen molar-refractivity contribution in [2.45, 2.75) is 65.0 Å². The number of pyridine rings is 1. The van der Waals surface area contributed by atoms with Gasteiger partial charge in [0.15, 0.2) is 0 Å². The van der Waals surface area contributed by atoms with E-state index in [9.17, 15) is 8.78 Å². The Hall–Kier alpha value is -2.78. The molecule has 6 heteroatoms. The van der Waals surface area contributed by atoms with Crippen LogP contribution in [0, 0.1) is 23.1 Å². The van der Waals surface area contributed by atoms with Gasteiger partial charge < -0.3 is 9.80 Å². The van der Waals surface area contributed by atoms with Gasteiger partial charge in [-0.3, -0.25) is 4.98 Å². The first-order chi connectivity index (χ1) is 17.2. The molecule has 0 atom stereocenters. The third-order valence-corrected chi connectivity index (χ3v) is 7.04. The molecule has 3 heterocycles. The number of nitriles is 1. The molecule has 0 N–H and O–H groups in total. The first-order valence-corrected chi connectivity index (χ1v) is 13.1. The Bertz CT molecular complexity index is 1020. The van der Waals surface area contributed by atoms with E-state index in [0.717, 1.165) is 63.1 Å². The minimum atomic E-state index is -1.12. The minimum Gasteiger partial charge on any atom is -0.372 e. The fourth-order valence-electron chi connectivity index (χ4n) is 5.14. The molecule has 0 radical (unpaired) electrons. The van der Waals surface area contributed by atoms with Crippen LogP contribution in [0.4, 0.5) is 8.78 Å². The standard InChI is InChI=1S/C28H37F2N3.C2H3N/c1-21(33-14-4-5-15-33)24-9-10-25(26(29)18-24)27-11-8-23(19-31-27)7-6-22-12-16-32(17-13-22)20-28(2,3)30;1-2-3/h8-11,18-19,22H,1,4-7,12-17,20H2,2-3H3;1H3. The van der Waals surface area contributed by atoms with Crippen LogP contribution in [-0.4, -0.2) is 53.2 Å². The molecule has 1 aromatic heterocycles. The van der Waals surface area contributed by atoms with Crippen molar-refractivity contribution in [1.82, 2.24) is 14.8 Å². The third-order valence-electron chi connectivity index (χ3n) is 7.04. The van der Waals surface area contributed by atoms with Crippen LogP contribution in [0.15, 0.2) is 43.1 Å². The molecule has 0 amide bonds. The van der Waals surface area contributed by atoms with Crippen LogP contribution in [0.2, 0.25) is 0 Å². The molecule has 2 fully saturated rings. The molecule has 4 rings (SSSR count). The van der Waals surface area contributed by atoms with Crippen LogP contribution >= 0.6 is 0 Å². The lowest BCUT2D eigenvalue weighted by Gasteiger charge is -2.34. The Kier molecular flexibility index (Phi) is 10.0. The molecule has 4 nitrogen and oxygen atoms in total. The summed E-state index contributed by atoms with van der Waals surface area (Å²) in [6, 6.07) is 11.1. The van der Waals surface area contributed by atoms with Crippen molar-refractivity contribution < 1.29 is 8.78 Å². The molecular formula is C30H40F2N4. The molecule has 2 aliphatic heterocycles. The van der Waals surface area contributed by atoms with Crippen molar-refractivity contribution in [3.05, 3.63) is 60.1 Å². The number of benzene rings is 1. The maximum atomic E-state index is 14.9. The van der Waals surface area contributed by atoms with Crippen molar-refractivity contribution in [2.75, 3.05) is 32.7 Å². The summed E-state index contributed by atoms with van der Waals surface area (Å²) in [5.74, 6) is 0.425. The van der Waals surface area contributed by atoms with Crippen molar-refractivity contribution in [1.29, 1.82) is 5.26 Å². The Morgan fingerprint density at radius 1 is 1.14 bits per heavy atom. The predicted octanol–water partition coefficient (Wildman–Crippen LogP) is 6.88. The van der Waals surface area contributed by atoms with Crippen molar-refractivity contribution in [2.24, 2.45) is 5.92 Å². The number of hydrogen-bond acceptors (Lipinski definition) is 4. The van der Waals surface area contributed by atoms with Crippen LogP contribution in [0.25, 0.3) is 17.0 Å². The van der Waals surface area contributed by atoms with Crippen LogP contribution in [0.3, 0.4) is 0 Å². The van der Waals surface area contributed by atoms with Crippen LogP contribution in [0.5, 0.6) is 0 Å². The van der Waals surface area contributed by atoms with Crippen LogP contribution in [-0.2, 0) is 6.42 Å². The summed E-state index contributed by atoms with van der Waals surface area (Å²) in [6.07, 6.45) is 8.58. The number of piperidine rings is 1. The van der Waals surface area contributed by atoms with Gasteiger partial charge in [-0.15, -0.1) is 0 Å². The van der Waals surface area contributed by atoms with E-state index < -0.39 is 5.67 Å². The second-order valence-electron chi connectivity index (χ2n) is 10.6. The fraction of sp³-hybridized carbons (Fsp3) is 0.533. The molecule has 2 saturated heterocycles. The van der Waals surface area contributed by atoms with Gasteiger partial charge in [0.1, 0.15) is 11.5 Å². The van der Waals surface area contributed by atoms with Gasteiger partial charge in [0, 0.05) is 49.6 Å². The average molecular weight is 495 g/mol. The van der Waals surface area contributed by atoms with E-state index in [1.807, 2.05) is 24.4 Å². The molecular weight excluding hydrogens is 454 g/mol. The number of hydrogen-bond donors (Lipinski definition) is 0. The summed E-state index contributed by atoms with van der Waals surface area (Å²) in [6.45, 7) is 13.4. The van der Waals surface area contributed by atoms with Gasteiger partial charge in [-0.05, 0) is 95.1 Å². The Labute approximate surface area is 215 Å². The minimum absolute atomic E-state index is 0.253. The molecule has 0 unspecified atom stereocenters. The van der Waals surface area contributed by atoms with Gasteiger partial charge in [-0.2, -0.15) is 5.26 Å². The second kappa shape index (κ2) is 13.0. The predicted molar refractivity (Wildman–Crippen MR) is 143 cm³/mol. The number of halogens is 2. The zero-order valence-electron chi connectivity index (χ0n) is 22.1. The summed E-state index contributed by atoms with van der Waals surface area (Å²) in [5, 5.41) is 7.32. The van der Waals surface area contributed by atoms with E-state index in [0.29, 0.717) is 23.7 Å². The third kappa shape index (κ3) is 8.13. The SMILES string of the molecule is C=C(c1ccc(-c2ccc(CCC3CCN(CC(C)(C)F)CC3)cn2)c(F)c1)N1CCCC1.CC#N. The lowest BCUT2D eigenvalue weighted by Crippen LogP contribution is -2.41. The number of rotatable bonds is 8. The van der Waals surface area contributed by atoms with Gasteiger partial charge in [0.05, 0.1) is 11.8 Å². The highest BCUT2D eigenvalue weighted by molar-refractivity contribution is 5.67. The lowest BCUT2D eigenvalue weighted by atomic mass is 9.90. The summed E-state index contributed by atoms with van der Waals surface area (Å²) >= 11 is 0. The summed E-state index contributed by atoms with van der Waals surface area (Å²) in [7, 11) is 0. The average Bonchev–Trinajstić information content (AvgIpc) is 3.38. The number of alkyl halides is 1. The summed E-state index contributed by atoms with van der Waals surface area (Å²) in [4.78, 5) is 9.03. The summed E-state index contributed by atoms with van der Waals surface area (Å²) < 4.78 is 28.7. The van der Waals surface area contributed by atoms with E-state index in [4.69, 9.17) is 5.26 Å². The smallest absolute Gasteiger partial charge is 0.133 e. The zero-order chi connectivity index (χ0) is 26.1. The Balaban J connectivity index is 0.00000115. The highest BCUT2D eigenvalue weighted by Gasteiger charge is 2.25. The first-order valence-electron chi connectivity index (χ1n) is 13.1. The second-order valence-corrected chi connectivity index (χ2v) is 10.6. The molecule has 1 aromatic carbocycles. The number of aromatic nitrogens is 1. The molecule has 0 bridgehead atoms. The van der Waals surface area contributed by atoms with E-state index in [1.165, 1.54) is 25.3 Å². The van der Waals surface area contributed by atoms with Crippen molar-refractivity contribution in [3.63, 3.8) is 0 Å². The monoisotopic (exact) mass is 494 g/mol. The quantitative estimate of drug-likeness (QED) is 0.401. The lowest BCUT2D eigenvalue weighted by molar-refractivity contribution is 0.0943. The first kappa shape index (κ1) is 27.8. The molecule has 2 aromatic rings. The van der Waals surface area contributed by atoms with E-state index in [2.05, 4.69) is 27.4 Å². The van der Waals surface area contributed by atoms with Gasteiger partial charge in [-0.1, -0.05) is 18.7 Å². The van der Waals surface area contributed by atoms with E-state index in [1.54, 1.807) is 26.0 Å². The van der Waals surface area contributed by atoms with E-state index in [-0.39, 0.29) is 5.82 Å². The van der Waals surface area contributed by atoms with Crippen molar-refractivity contribution in [3.8, 4) is 17.3 Å². The van der Waals surface area contributed by atoms with Gasteiger partial charge >= 0.3 is 0 Å². The fourth-order valence-corrected chi connectivity index (χ4v) is 5.14. The topological polar surface area (TPSA) is 43.2 Å². The molecule has 194 valence electrons. The largest absolute Gasteiger partial charge is 0.372 e. The van der Waals surface area contributed by atoms with Crippen LogP contribution in [0.1, 0.15) is 64.0 Å². The Morgan fingerprint density at radius 3 is 2.36 bits per heavy atom.